The van der Waals surface area contributed by atoms with Gasteiger partial charge in [-0.3, -0.25) is 0 Å². The van der Waals surface area contributed by atoms with Crippen LogP contribution < -0.4 is 0 Å². The summed E-state index contributed by atoms with van der Waals surface area (Å²) < 4.78 is 0. The van der Waals surface area contributed by atoms with Crippen LogP contribution in [0.4, 0.5) is 0 Å². The predicted molar refractivity (Wildman–Crippen MR) is 139 cm³/mol. The SMILES string of the molecule is CC1=C(Cl)C(C)(c2ccccc2)C(C)=C1[SiH2]C1=C(C)C(C)(c2ccccc2)C(Cl)=C1C. The number of rotatable bonds is 4. The molecule has 2 aromatic carbocycles. The zero-order chi connectivity index (χ0) is 22.6. The highest BCUT2D eigenvalue weighted by molar-refractivity contribution is 6.59. The molecule has 0 saturated carbocycles. The molecule has 0 nitrogen and oxygen atoms in total. The average Bonchev–Trinajstić information content (AvgIpc) is 3.07. The number of allylic oxidation sites excluding steroid dienone is 8. The van der Waals surface area contributed by atoms with Crippen LogP contribution in [0.5, 0.6) is 0 Å². The van der Waals surface area contributed by atoms with E-state index in [1.165, 1.54) is 43.8 Å². The molecule has 2 aliphatic rings. The molecule has 0 heterocycles. The molecule has 2 unspecified atom stereocenters. The van der Waals surface area contributed by atoms with Crippen LogP contribution >= 0.6 is 23.2 Å². The van der Waals surface area contributed by atoms with Crippen LogP contribution in [0.1, 0.15) is 52.7 Å². The van der Waals surface area contributed by atoms with E-state index in [2.05, 4.69) is 102 Å². The minimum absolute atomic E-state index is 0.244. The molecule has 0 radical (unpaired) electrons. The van der Waals surface area contributed by atoms with Crippen LogP contribution in [0.15, 0.2) is 103 Å². The molecule has 2 aromatic rings. The van der Waals surface area contributed by atoms with Gasteiger partial charge in [0, 0.05) is 20.9 Å². The van der Waals surface area contributed by atoms with Crippen LogP contribution in [0, 0.1) is 0 Å². The first-order valence-corrected chi connectivity index (χ1v) is 13.1. The Balaban J connectivity index is 1.82. The van der Waals surface area contributed by atoms with Gasteiger partial charge in [0.1, 0.15) is 0 Å². The van der Waals surface area contributed by atoms with Gasteiger partial charge in [-0.15, -0.1) is 0 Å². The molecular weight excluding hydrogens is 435 g/mol. The summed E-state index contributed by atoms with van der Waals surface area (Å²) in [5.74, 6) is 0. The Bertz CT molecular complexity index is 1070. The first-order chi connectivity index (χ1) is 14.6. The molecule has 0 bridgehead atoms. The fourth-order valence-electron chi connectivity index (χ4n) is 5.45. The molecule has 0 amide bonds. The van der Waals surface area contributed by atoms with Gasteiger partial charge < -0.3 is 0 Å². The van der Waals surface area contributed by atoms with Crippen molar-refractivity contribution < 1.29 is 0 Å². The van der Waals surface area contributed by atoms with Crippen LogP contribution in [0.25, 0.3) is 0 Å². The molecule has 0 aromatic heterocycles. The van der Waals surface area contributed by atoms with E-state index in [9.17, 15) is 0 Å². The second-order valence-electron chi connectivity index (χ2n) is 9.24. The van der Waals surface area contributed by atoms with E-state index in [4.69, 9.17) is 23.2 Å². The Morgan fingerprint density at radius 3 is 1.23 bits per heavy atom. The zero-order valence-electron chi connectivity index (χ0n) is 19.2. The fourth-order valence-corrected chi connectivity index (χ4v) is 8.88. The topological polar surface area (TPSA) is 0 Å². The van der Waals surface area contributed by atoms with Crippen LogP contribution in [-0.4, -0.2) is 9.52 Å². The van der Waals surface area contributed by atoms with Crippen LogP contribution in [0.3, 0.4) is 0 Å². The van der Waals surface area contributed by atoms with Crippen molar-refractivity contribution in [3.63, 3.8) is 0 Å². The van der Waals surface area contributed by atoms with Gasteiger partial charge in [0.2, 0.25) is 0 Å². The van der Waals surface area contributed by atoms with Crippen LogP contribution in [-0.2, 0) is 10.8 Å². The highest BCUT2D eigenvalue weighted by Gasteiger charge is 2.44. The summed E-state index contributed by atoms with van der Waals surface area (Å²) in [6, 6.07) is 21.3. The molecular formula is C28H30Cl2Si. The molecule has 4 rings (SSSR count). The summed E-state index contributed by atoms with van der Waals surface area (Å²) in [6.45, 7) is 13.5. The Kier molecular flexibility index (Phi) is 5.75. The second kappa shape index (κ2) is 7.96. The highest BCUT2D eigenvalue weighted by Crippen LogP contribution is 2.53. The number of halogens is 2. The minimum atomic E-state index is -0.762. The van der Waals surface area contributed by atoms with Crippen molar-refractivity contribution in [2.75, 3.05) is 0 Å². The summed E-state index contributed by atoms with van der Waals surface area (Å²) >= 11 is 14.1. The smallest absolute Gasteiger partial charge is 0.0875 e. The lowest BCUT2D eigenvalue weighted by atomic mass is 9.78. The number of hydrogen-bond acceptors (Lipinski definition) is 0. The minimum Gasteiger partial charge on any atom is -0.0875 e. The Morgan fingerprint density at radius 1 is 0.581 bits per heavy atom. The molecule has 0 spiro atoms. The molecule has 0 N–H and O–H groups in total. The molecule has 0 saturated heterocycles. The van der Waals surface area contributed by atoms with Crippen molar-refractivity contribution in [1.82, 2.24) is 0 Å². The molecule has 160 valence electrons. The van der Waals surface area contributed by atoms with Gasteiger partial charge in [-0.25, -0.2) is 0 Å². The Labute approximate surface area is 199 Å². The number of hydrogen-bond donors (Lipinski definition) is 0. The lowest BCUT2D eigenvalue weighted by molar-refractivity contribution is 0.699. The highest BCUT2D eigenvalue weighted by atomic mass is 35.5. The first-order valence-electron chi connectivity index (χ1n) is 10.9. The fraction of sp³-hybridized carbons (Fsp3) is 0.286. The molecule has 0 aliphatic heterocycles. The van der Waals surface area contributed by atoms with Crippen molar-refractivity contribution in [2.45, 2.75) is 52.4 Å². The summed E-state index contributed by atoms with van der Waals surface area (Å²) in [7, 11) is -0.762. The van der Waals surface area contributed by atoms with Gasteiger partial charge in [0.25, 0.3) is 0 Å². The van der Waals surface area contributed by atoms with Crippen molar-refractivity contribution in [3.05, 3.63) is 115 Å². The van der Waals surface area contributed by atoms with Gasteiger partial charge in [-0.1, -0.05) is 105 Å². The van der Waals surface area contributed by atoms with Crippen LogP contribution in [0.2, 0.25) is 0 Å². The summed E-state index contributed by atoms with van der Waals surface area (Å²) in [6.07, 6.45) is 0. The van der Waals surface area contributed by atoms with E-state index in [0.717, 1.165) is 10.1 Å². The third-order valence-corrected chi connectivity index (χ3v) is 12.1. The van der Waals surface area contributed by atoms with Gasteiger partial charge in [-0.2, -0.15) is 0 Å². The summed E-state index contributed by atoms with van der Waals surface area (Å²) in [4.78, 5) is 0. The number of benzene rings is 2. The quantitative estimate of drug-likeness (QED) is 0.407. The maximum Gasteiger partial charge on any atom is 0.0882 e. The van der Waals surface area contributed by atoms with Gasteiger partial charge in [0.15, 0.2) is 0 Å². The molecule has 3 heteroatoms. The van der Waals surface area contributed by atoms with Gasteiger partial charge in [0.05, 0.1) is 9.52 Å². The van der Waals surface area contributed by atoms with E-state index in [1.54, 1.807) is 0 Å². The van der Waals surface area contributed by atoms with E-state index >= 15 is 0 Å². The average molecular weight is 466 g/mol. The Hall–Kier alpha value is -1.80. The normalized spacial score (nSPS) is 27.0. The van der Waals surface area contributed by atoms with Gasteiger partial charge in [-0.05, 0) is 63.8 Å². The van der Waals surface area contributed by atoms with E-state index in [1.807, 2.05) is 0 Å². The Morgan fingerprint density at radius 2 is 0.903 bits per heavy atom. The molecule has 2 atom stereocenters. The largest absolute Gasteiger partial charge is 0.0882 e. The zero-order valence-corrected chi connectivity index (χ0v) is 22.2. The monoisotopic (exact) mass is 464 g/mol. The predicted octanol–water partition coefficient (Wildman–Crippen LogP) is 7.67. The van der Waals surface area contributed by atoms with E-state index in [0.29, 0.717) is 0 Å². The van der Waals surface area contributed by atoms with E-state index in [-0.39, 0.29) is 10.8 Å². The van der Waals surface area contributed by atoms with E-state index < -0.39 is 9.52 Å². The lowest BCUT2D eigenvalue weighted by Gasteiger charge is -2.29. The van der Waals surface area contributed by atoms with Crippen molar-refractivity contribution >= 4 is 32.7 Å². The third kappa shape index (κ3) is 3.16. The maximum atomic E-state index is 7.04. The molecule has 31 heavy (non-hydrogen) atoms. The first kappa shape index (κ1) is 22.4. The molecule has 0 fully saturated rings. The lowest BCUT2D eigenvalue weighted by Crippen LogP contribution is -2.23. The summed E-state index contributed by atoms with van der Waals surface area (Å²) in [5, 5.41) is 4.89. The standard InChI is InChI=1S/C28H30Cl2Si/c1-17-23(19(3)27(5,25(17)29)21-13-9-7-10-14-21)31-24-18(2)26(30)28(6,20(24)4)22-15-11-8-12-16-22/h7-16H,31H2,1-6H3. The second-order valence-corrected chi connectivity index (χ2v) is 11.8. The van der Waals surface area contributed by atoms with Gasteiger partial charge >= 0.3 is 0 Å². The maximum absolute atomic E-state index is 7.04. The third-order valence-electron chi connectivity index (χ3n) is 7.90. The van der Waals surface area contributed by atoms with Crippen molar-refractivity contribution in [1.29, 1.82) is 0 Å². The van der Waals surface area contributed by atoms with Crippen molar-refractivity contribution in [2.24, 2.45) is 0 Å². The molecule has 2 aliphatic carbocycles. The summed E-state index contributed by atoms with van der Waals surface area (Å²) in [5.41, 5.74) is 7.34. The van der Waals surface area contributed by atoms with Crippen molar-refractivity contribution in [3.8, 4) is 0 Å².